The molecule has 2 heteroatoms. The number of hydrogen-bond acceptors (Lipinski definition) is 1. The van der Waals surface area contributed by atoms with E-state index in [4.69, 9.17) is 4.43 Å². The van der Waals surface area contributed by atoms with Crippen LogP contribution in [0.15, 0.2) is 12.2 Å². The lowest BCUT2D eigenvalue weighted by Crippen LogP contribution is -2.42. The molecule has 2 atom stereocenters. The zero-order chi connectivity index (χ0) is 14.0. The molecule has 0 amide bonds. The standard InChI is InChI=1S/C16H30OSi/c1-12-9-10-13-15(5,6)16(12,13)11-17-18(7,8)14(2,3)4/h13H,1,9-11H2,2-8H3/t13-,16-/m0/s1. The van der Waals surface area contributed by atoms with E-state index in [1.807, 2.05) is 0 Å². The Bertz CT molecular complexity index is 375. The van der Waals surface area contributed by atoms with Crippen molar-refractivity contribution in [2.75, 3.05) is 6.61 Å². The van der Waals surface area contributed by atoms with E-state index in [9.17, 15) is 0 Å². The summed E-state index contributed by atoms with van der Waals surface area (Å²) in [6, 6.07) is 0. The second-order valence-electron chi connectivity index (χ2n) is 8.44. The average molecular weight is 267 g/mol. The van der Waals surface area contributed by atoms with E-state index in [0.29, 0.717) is 15.9 Å². The highest BCUT2D eigenvalue weighted by molar-refractivity contribution is 6.74. The van der Waals surface area contributed by atoms with E-state index in [1.165, 1.54) is 18.4 Å². The molecule has 2 rings (SSSR count). The van der Waals surface area contributed by atoms with Crippen LogP contribution in [0.2, 0.25) is 18.1 Å². The molecule has 0 heterocycles. The molecule has 0 aliphatic heterocycles. The molecule has 0 aromatic rings. The second kappa shape index (κ2) is 3.73. The number of hydrogen-bond donors (Lipinski definition) is 0. The Morgan fingerprint density at radius 3 is 2.28 bits per heavy atom. The lowest BCUT2D eigenvalue weighted by molar-refractivity contribution is 0.209. The highest BCUT2D eigenvalue weighted by atomic mass is 28.4. The lowest BCUT2D eigenvalue weighted by atomic mass is 9.88. The highest BCUT2D eigenvalue weighted by Crippen LogP contribution is 2.78. The second-order valence-corrected chi connectivity index (χ2v) is 13.2. The fourth-order valence-corrected chi connectivity index (χ4v) is 4.74. The van der Waals surface area contributed by atoms with Crippen molar-refractivity contribution >= 4 is 8.32 Å². The van der Waals surface area contributed by atoms with Gasteiger partial charge in [-0.2, -0.15) is 0 Å². The summed E-state index contributed by atoms with van der Waals surface area (Å²) in [5.74, 6) is 0.822. The summed E-state index contributed by atoms with van der Waals surface area (Å²) in [5.41, 5.74) is 2.18. The first-order valence-electron chi connectivity index (χ1n) is 7.29. The van der Waals surface area contributed by atoms with Gasteiger partial charge in [0.2, 0.25) is 0 Å². The van der Waals surface area contributed by atoms with Crippen LogP contribution in [0, 0.1) is 16.7 Å². The van der Waals surface area contributed by atoms with E-state index in [1.54, 1.807) is 0 Å². The van der Waals surface area contributed by atoms with E-state index in [2.05, 4.69) is 54.3 Å². The van der Waals surface area contributed by atoms with Crippen molar-refractivity contribution < 1.29 is 4.43 Å². The van der Waals surface area contributed by atoms with Crippen molar-refractivity contribution in [1.82, 2.24) is 0 Å². The Hall–Kier alpha value is -0.0831. The monoisotopic (exact) mass is 266 g/mol. The average Bonchev–Trinajstić information content (AvgIpc) is 2.48. The lowest BCUT2D eigenvalue weighted by Gasteiger charge is -2.38. The third-order valence-corrected chi connectivity index (χ3v) is 10.8. The van der Waals surface area contributed by atoms with Crippen LogP contribution in [0.1, 0.15) is 47.5 Å². The van der Waals surface area contributed by atoms with Gasteiger partial charge in [0.25, 0.3) is 0 Å². The topological polar surface area (TPSA) is 9.23 Å². The van der Waals surface area contributed by atoms with E-state index < -0.39 is 8.32 Å². The summed E-state index contributed by atoms with van der Waals surface area (Å²) in [4.78, 5) is 0. The Kier molecular flexibility index (Phi) is 2.97. The fraction of sp³-hybridized carbons (Fsp3) is 0.875. The zero-order valence-corrected chi connectivity index (χ0v) is 14.3. The van der Waals surface area contributed by atoms with Gasteiger partial charge in [0.05, 0.1) is 0 Å². The molecule has 2 fully saturated rings. The molecule has 0 saturated heterocycles. The molecule has 2 aliphatic rings. The van der Waals surface area contributed by atoms with Gasteiger partial charge in [-0.3, -0.25) is 0 Å². The third kappa shape index (κ3) is 1.68. The normalized spacial score (nSPS) is 34.6. The predicted octanol–water partition coefficient (Wildman–Crippen LogP) is 5.00. The maximum atomic E-state index is 6.51. The van der Waals surface area contributed by atoms with Crippen molar-refractivity contribution in [3.63, 3.8) is 0 Å². The van der Waals surface area contributed by atoms with Crippen LogP contribution in [-0.4, -0.2) is 14.9 Å². The SMILES string of the molecule is C=C1CC[C@H]2C(C)(C)[C@@]12CO[Si](C)(C)C(C)(C)C. The summed E-state index contributed by atoms with van der Waals surface area (Å²) in [6.45, 7) is 21.7. The summed E-state index contributed by atoms with van der Waals surface area (Å²) >= 11 is 0. The molecule has 0 bridgehead atoms. The molecule has 104 valence electrons. The van der Waals surface area contributed by atoms with Crippen LogP contribution in [0.4, 0.5) is 0 Å². The zero-order valence-electron chi connectivity index (χ0n) is 13.3. The summed E-state index contributed by atoms with van der Waals surface area (Å²) in [5, 5.41) is 0.304. The van der Waals surface area contributed by atoms with Crippen molar-refractivity contribution in [3.05, 3.63) is 12.2 Å². The van der Waals surface area contributed by atoms with Crippen molar-refractivity contribution in [1.29, 1.82) is 0 Å². The van der Waals surface area contributed by atoms with Gasteiger partial charge < -0.3 is 4.43 Å². The van der Waals surface area contributed by atoms with Gasteiger partial charge in [-0.05, 0) is 42.3 Å². The molecule has 0 aromatic heterocycles. The molecule has 2 aliphatic carbocycles. The van der Waals surface area contributed by atoms with Crippen LogP contribution < -0.4 is 0 Å². The minimum absolute atomic E-state index is 0.304. The van der Waals surface area contributed by atoms with E-state index >= 15 is 0 Å². The van der Waals surface area contributed by atoms with Crippen molar-refractivity contribution in [2.24, 2.45) is 16.7 Å². The molecule has 2 saturated carbocycles. The van der Waals surface area contributed by atoms with Gasteiger partial charge in [-0.1, -0.05) is 46.8 Å². The van der Waals surface area contributed by atoms with Crippen LogP contribution in [0.3, 0.4) is 0 Å². The molecule has 0 radical (unpaired) electrons. The van der Waals surface area contributed by atoms with Gasteiger partial charge in [0, 0.05) is 12.0 Å². The van der Waals surface area contributed by atoms with Crippen LogP contribution >= 0.6 is 0 Å². The molecule has 18 heavy (non-hydrogen) atoms. The Balaban J connectivity index is 2.10. The summed E-state index contributed by atoms with van der Waals surface area (Å²) < 4.78 is 6.51. The first kappa shape index (κ1) is 14.3. The van der Waals surface area contributed by atoms with Crippen LogP contribution in [-0.2, 0) is 4.43 Å². The van der Waals surface area contributed by atoms with Crippen molar-refractivity contribution in [2.45, 2.75) is 65.6 Å². The maximum Gasteiger partial charge on any atom is 0.192 e. The first-order chi connectivity index (χ1) is 7.97. The fourth-order valence-electron chi connectivity index (χ4n) is 3.72. The molecule has 0 aromatic carbocycles. The van der Waals surface area contributed by atoms with Gasteiger partial charge in [0.1, 0.15) is 0 Å². The maximum absolute atomic E-state index is 6.51. The predicted molar refractivity (Wildman–Crippen MR) is 81.2 cm³/mol. The summed E-state index contributed by atoms with van der Waals surface area (Å²) in [6.07, 6.45) is 2.54. The Morgan fingerprint density at radius 2 is 1.89 bits per heavy atom. The minimum atomic E-state index is -1.63. The van der Waals surface area contributed by atoms with Gasteiger partial charge in [0.15, 0.2) is 8.32 Å². The number of rotatable bonds is 3. The third-order valence-electron chi connectivity index (χ3n) is 6.37. The summed E-state index contributed by atoms with van der Waals surface area (Å²) in [7, 11) is -1.63. The van der Waals surface area contributed by atoms with Gasteiger partial charge in [-0.25, -0.2) is 0 Å². The smallest absolute Gasteiger partial charge is 0.192 e. The van der Waals surface area contributed by atoms with E-state index in [-0.39, 0.29) is 0 Å². The van der Waals surface area contributed by atoms with Gasteiger partial charge in [-0.15, -0.1) is 0 Å². The Morgan fingerprint density at radius 1 is 1.33 bits per heavy atom. The molecular formula is C16H30OSi. The molecular weight excluding hydrogens is 236 g/mol. The largest absolute Gasteiger partial charge is 0.416 e. The van der Waals surface area contributed by atoms with Gasteiger partial charge >= 0.3 is 0 Å². The first-order valence-corrected chi connectivity index (χ1v) is 10.2. The molecule has 0 N–H and O–H groups in total. The quantitative estimate of drug-likeness (QED) is 0.516. The Labute approximate surface area is 114 Å². The van der Waals surface area contributed by atoms with Crippen LogP contribution in [0.25, 0.3) is 0 Å². The highest BCUT2D eigenvalue weighted by Gasteiger charge is 2.74. The molecule has 0 spiro atoms. The van der Waals surface area contributed by atoms with Crippen LogP contribution in [0.5, 0.6) is 0 Å². The number of fused-ring (bicyclic) bond motifs is 1. The molecule has 0 unspecified atom stereocenters. The molecule has 1 nitrogen and oxygen atoms in total. The van der Waals surface area contributed by atoms with Crippen molar-refractivity contribution in [3.8, 4) is 0 Å². The van der Waals surface area contributed by atoms with E-state index in [0.717, 1.165) is 12.5 Å². The minimum Gasteiger partial charge on any atom is -0.416 e.